The van der Waals surface area contributed by atoms with E-state index in [4.69, 9.17) is 0 Å². The third-order valence-corrected chi connectivity index (χ3v) is 2.03. The Kier molecular flexibility index (Phi) is 3.41. The third kappa shape index (κ3) is 2.27. The Balaban J connectivity index is 3.22. The van der Waals surface area contributed by atoms with Gasteiger partial charge in [-0.2, -0.15) is 0 Å². The van der Waals surface area contributed by atoms with Crippen molar-refractivity contribution in [1.82, 2.24) is 0 Å². The molecule has 0 fully saturated rings. The van der Waals surface area contributed by atoms with E-state index in [0.717, 1.165) is 0 Å². The molecule has 0 spiro atoms. The molecule has 0 heterocycles. The van der Waals surface area contributed by atoms with Crippen LogP contribution < -0.4 is 0 Å². The Morgan fingerprint density at radius 1 is 1.08 bits per heavy atom. The summed E-state index contributed by atoms with van der Waals surface area (Å²) in [6.07, 6.45) is 0. The van der Waals surface area contributed by atoms with Crippen molar-refractivity contribution in [2.75, 3.05) is 0 Å². The van der Waals surface area contributed by atoms with Gasteiger partial charge in [0.25, 0.3) is 0 Å². The zero-order valence-corrected chi connectivity index (χ0v) is 8.17. The van der Waals surface area contributed by atoms with Gasteiger partial charge in [0.1, 0.15) is 16.4 Å². The van der Waals surface area contributed by atoms with Crippen molar-refractivity contribution >= 4 is 33.4 Å². The fraction of sp³-hybridized carbons (Fsp3) is 0. The quantitative estimate of drug-likeness (QED) is 0.582. The van der Waals surface area contributed by atoms with Crippen LogP contribution in [0, 0.1) is 0 Å². The van der Waals surface area contributed by atoms with E-state index in [1.54, 1.807) is 36.1 Å². The molecular weight excluding hydrogens is 232 g/mol. The zero-order chi connectivity index (χ0) is 9.68. The van der Waals surface area contributed by atoms with Crippen LogP contribution in [0.25, 0.3) is 5.57 Å². The topological polar surface area (TPSA) is 34.1 Å². The summed E-state index contributed by atoms with van der Waals surface area (Å²) in [5.41, 5.74) is 0.836. The lowest BCUT2D eigenvalue weighted by Gasteiger charge is -1.97. The fourth-order valence-electron chi connectivity index (χ4n) is 0.886. The van der Waals surface area contributed by atoms with E-state index in [2.05, 4.69) is 15.9 Å². The van der Waals surface area contributed by atoms with Crippen molar-refractivity contribution < 1.29 is 9.59 Å². The molecule has 0 aliphatic rings. The van der Waals surface area contributed by atoms with Crippen LogP contribution in [0.4, 0.5) is 0 Å². The van der Waals surface area contributed by atoms with Gasteiger partial charge in [-0.05, 0) is 21.5 Å². The minimum atomic E-state index is 0.0914. The van der Waals surface area contributed by atoms with Gasteiger partial charge < -0.3 is 0 Å². The van der Waals surface area contributed by atoms with Gasteiger partial charge in [-0.15, -0.1) is 0 Å². The number of halogens is 1. The standard InChI is InChI=1S/C10H5BrO2/c11-10(7-13)9(6-12)8-4-2-1-3-5-8/h1-5H. The number of hydrogen-bond donors (Lipinski definition) is 0. The summed E-state index contributed by atoms with van der Waals surface area (Å²) in [6.45, 7) is 0. The van der Waals surface area contributed by atoms with Gasteiger partial charge in [0.2, 0.25) is 0 Å². The highest BCUT2D eigenvalue weighted by atomic mass is 79.9. The predicted octanol–water partition coefficient (Wildman–Crippen LogP) is 2.01. The van der Waals surface area contributed by atoms with Gasteiger partial charge in [0.05, 0.1) is 5.57 Å². The number of allylic oxidation sites excluding steroid dienone is 2. The summed E-state index contributed by atoms with van der Waals surface area (Å²) < 4.78 is 0.0914. The van der Waals surface area contributed by atoms with Crippen molar-refractivity contribution in [2.45, 2.75) is 0 Å². The first kappa shape index (κ1) is 9.69. The second-order valence-electron chi connectivity index (χ2n) is 2.26. The molecule has 2 nitrogen and oxygen atoms in total. The van der Waals surface area contributed by atoms with E-state index in [9.17, 15) is 9.59 Å². The molecule has 0 aliphatic heterocycles. The first-order chi connectivity index (χ1) is 6.29. The molecule has 0 bridgehead atoms. The van der Waals surface area contributed by atoms with Gasteiger partial charge in [-0.3, -0.25) is 0 Å². The highest BCUT2D eigenvalue weighted by Crippen LogP contribution is 2.21. The van der Waals surface area contributed by atoms with Crippen LogP contribution in [0.15, 0.2) is 34.8 Å². The van der Waals surface area contributed by atoms with Gasteiger partial charge in [0.15, 0.2) is 0 Å². The molecule has 0 saturated carbocycles. The highest BCUT2D eigenvalue weighted by Gasteiger charge is 2.06. The van der Waals surface area contributed by atoms with Crippen molar-refractivity contribution in [2.24, 2.45) is 0 Å². The van der Waals surface area contributed by atoms with Crippen molar-refractivity contribution in [3.63, 3.8) is 0 Å². The molecule has 0 saturated heterocycles. The minimum Gasteiger partial charge on any atom is -0.233 e. The van der Waals surface area contributed by atoms with Crippen molar-refractivity contribution in [1.29, 1.82) is 0 Å². The molecule has 0 unspecified atom stereocenters. The number of carbonyl (C=O) groups excluding carboxylic acids is 2. The molecule has 3 heteroatoms. The molecule has 1 aromatic carbocycles. The Labute approximate surface area is 83.7 Å². The molecule has 13 heavy (non-hydrogen) atoms. The Bertz CT molecular complexity index is 396. The normalized spacial score (nSPS) is 8.38. The van der Waals surface area contributed by atoms with Gasteiger partial charge in [-0.25, -0.2) is 9.59 Å². The van der Waals surface area contributed by atoms with Gasteiger partial charge in [-0.1, -0.05) is 30.3 Å². The van der Waals surface area contributed by atoms with E-state index >= 15 is 0 Å². The molecule has 0 N–H and O–H groups in total. The molecule has 1 aromatic rings. The molecule has 0 atom stereocenters. The maximum Gasteiger partial charge on any atom is 0.141 e. The first-order valence-corrected chi connectivity index (χ1v) is 4.30. The minimum absolute atomic E-state index is 0.0914. The lowest BCUT2D eigenvalue weighted by atomic mass is 10.1. The second-order valence-corrected chi connectivity index (χ2v) is 3.05. The van der Waals surface area contributed by atoms with Crippen molar-refractivity contribution in [3.05, 3.63) is 40.4 Å². The lowest BCUT2D eigenvalue weighted by molar-refractivity contribution is 0.567. The van der Waals surface area contributed by atoms with E-state index in [1.165, 1.54) is 0 Å². The summed E-state index contributed by atoms with van der Waals surface area (Å²) in [5, 5.41) is 0. The maximum absolute atomic E-state index is 10.5. The monoisotopic (exact) mass is 236 g/mol. The average Bonchev–Trinajstić information content (AvgIpc) is 2.20. The summed E-state index contributed by atoms with van der Waals surface area (Å²) in [7, 11) is 0. The van der Waals surface area contributed by atoms with Crippen LogP contribution >= 0.6 is 15.9 Å². The van der Waals surface area contributed by atoms with Gasteiger partial charge >= 0.3 is 0 Å². The predicted molar refractivity (Wildman–Crippen MR) is 53.7 cm³/mol. The number of benzene rings is 1. The van der Waals surface area contributed by atoms with E-state index in [0.29, 0.717) is 5.56 Å². The summed E-state index contributed by atoms with van der Waals surface area (Å²) >= 11 is 2.93. The van der Waals surface area contributed by atoms with Crippen LogP contribution in [-0.4, -0.2) is 11.9 Å². The van der Waals surface area contributed by atoms with Crippen LogP contribution in [-0.2, 0) is 9.59 Å². The Hall–Kier alpha value is -1.40. The smallest absolute Gasteiger partial charge is 0.141 e. The zero-order valence-electron chi connectivity index (χ0n) is 6.58. The van der Waals surface area contributed by atoms with E-state index in [1.807, 2.05) is 6.07 Å². The number of hydrogen-bond acceptors (Lipinski definition) is 2. The number of rotatable bonds is 2. The van der Waals surface area contributed by atoms with Crippen LogP contribution in [0.5, 0.6) is 0 Å². The molecule has 64 valence electrons. The second kappa shape index (κ2) is 4.58. The summed E-state index contributed by atoms with van der Waals surface area (Å²) in [5.74, 6) is 3.29. The summed E-state index contributed by atoms with van der Waals surface area (Å²) in [6, 6.07) is 8.82. The SMILES string of the molecule is O=C=C(Br)C(=C=O)c1ccccc1. The Morgan fingerprint density at radius 2 is 1.69 bits per heavy atom. The van der Waals surface area contributed by atoms with Crippen LogP contribution in [0.3, 0.4) is 0 Å². The average molecular weight is 237 g/mol. The van der Waals surface area contributed by atoms with Gasteiger partial charge in [0, 0.05) is 0 Å². The highest BCUT2D eigenvalue weighted by molar-refractivity contribution is 9.12. The fourth-order valence-corrected chi connectivity index (χ4v) is 1.20. The Morgan fingerprint density at radius 3 is 2.15 bits per heavy atom. The van der Waals surface area contributed by atoms with E-state index < -0.39 is 0 Å². The van der Waals surface area contributed by atoms with Crippen molar-refractivity contribution in [3.8, 4) is 0 Å². The molecular formula is C10H5BrO2. The van der Waals surface area contributed by atoms with Crippen LogP contribution in [0.2, 0.25) is 0 Å². The third-order valence-electron chi connectivity index (χ3n) is 1.47. The van der Waals surface area contributed by atoms with E-state index in [-0.39, 0.29) is 10.1 Å². The molecule has 0 aliphatic carbocycles. The molecule has 0 aromatic heterocycles. The van der Waals surface area contributed by atoms with Crippen LogP contribution in [0.1, 0.15) is 5.56 Å². The molecule has 0 radical (unpaired) electrons. The molecule has 1 rings (SSSR count). The lowest BCUT2D eigenvalue weighted by Crippen LogP contribution is -1.84. The summed E-state index contributed by atoms with van der Waals surface area (Å²) in [4.78, 5) is 20.8. The first-order valence-electron chi connectivity index (χ1n) is 3.51. The molecule has 0 amide bonds. The largest absolute Gasteiger partial charge is 0.233 e. The maximum atomic E-state index is 10.5.